The summed E-state index contributed by atoms with van der Waals surface area (Å²) in [5.74, 6) is 0.726. The van der Waals surface area contributed by atoms with Crippen LogP contribution in [-0.2, 0) is 13.0 Å². The minimum absolute atomic E-state index is 0.726. The Labute approximate surface area is 180 Å². The first kappa shape index (κ1) is 21.4. The normalized spacial score (nSPS) is 15.4. The lowest BCUT2D eigenvalue weighted by Gasteiger charge is -2.28. The Balaban J connectivity index is 0.000000252. The predicted octanol–water partition coefficient (Wildman–Crippen LogP) is 6.21. The zero-order valence-electron chi connectivity index (χ0n) is 17.2. The molecule has 0 aliphatic carbocycles. The number of benzene rings is 3. The van der Waals surface area contributed by atoms with Crippen molar-refractivity contribution in [3.05, 3.63) is 101 Å². The zero-order valence-corrected chi connectivity index (χ0v) is 18.0. The van der Waals surface area contributed by atoms with Crippen molar-refractivity contribution in [3.8, 4) is 0 Å². The summed E-state index contributed by atoms with van der Waals surface area (Å²) in [6, 6.07) is 29.3. The maximum absolute atomic E-state index is 6.02. The lowest BCUT2D eigenvalue weighted by molar-refractivity contribution is 0.558. The standard InChI is InChI=1S/C18H21ClN2.C8H10/c19-17-6-8-18(9-7-17)21(14-16-10-11-20-12-16)13-15-4-2-1-3-5-15;1-2-8-6-4-3-5-7-8/h1-9,16,20H,10-14H2;3-7H,2H2,1H3. The highest BCUT2D eigenvalue weighted by molar-refractivity contribution is 6.30. The summed E-state index contributed by atoms with van der Waals surface area (Å²) in [7, 11) is 0. The van der Waals surface area contributed by atoms with Crippen molar-refractivity contribution in [1.82, 2.24) is 5.32 Å². The predicted molar refractivity (Wildman–Crippen MR) is 126 cm³/mol. The van der Waals surface area contributed by atoms with Crippen LogP contribution in [0.3, 0.4) is 0 Å². The molecular formula is C26H31ClN2. The van der Waals surface area contributed by atoms with Crippen LogP contribution in [0.4, 0.5) is 5.69 Å². The molecule has 0 aromatic heterocycles. The van der Waals surface area contributed by atoms with Gasteiger partial charge in [-0.05, 0) is 67.2 Å². The third kappa shape index (κ3) is 7.23. The number of hydrogen-bond donors (Lipinski definition) is 1. The molecule has 0 bridgehead atoms. The fraction of sp³-hybridized carbons (Fsp3) is 0.308. The van der Waals surface area contributed by atoms with Gasteiger partial charge in [0.25, 0.3) is 0 Å². The van der Waals surface area contributed by atoms with Crippen molar-refractivity contribution < 1.29 is 0 Å². The average Bonchev–Trinajstić information content (AvgIpc) is 3.29. The minimum atomic E-state index is 0.726. The summed E-state index contributed by atoms with van der Waals surface area (Å²) >= 11 is 6.02. The Morgan fingerprint density at radius 2 is 1.48 bits per heavy atom. The van der Waals surface area contributed by atoms with Crippen molar-refractivity contribution in [2.45, 2.75) is 26.3 Å². The van der Waals surface area contributed by atoms with E-state index in [-0.39, 0.29) is 0 Å². The van der Waals surface area contributed by atoms with Gasteiger partial charge in [-0.3, -0.25) is 0 Å². The van der Waals surface area contributed by atoms with Gasteiger partial charge in [-0.2, -0.15) is 0 Å². The van der Waals surface area contributed by atoms with E-state index in [1.165, 1.54) is 23.2 Å². The summed E-state index contributed by atoms with van der Waals surface area (Å²) in [6.07, 6.45) is 2.40. The van der Waals surface area contributed by atoms with E-state index in [0.29, 0.717) is 0 Å². The Bertz CT molecular complexity index is 812. The van der Waals surface area contributed by atoms with Gasteiger partial charge in [0, 0.05) is 23.8 Å². The van der Waals surface area contributed by atoms with Crippen molar-refractivity contribution in [1.29, 1.82) is 0 Å². The van der Waals surface area contributed by atoms with Crippen molar-refractivity contribution >= 4 is 17.3 Å². The third-order valence-electron chi connectivity index (χ3n) is 5.30. The van der Waals surface area contributed by atoms with Gasteiger partial charge in [0.1, 0.15) is 0 Å². The second-order valence-corrected chi connectivity index (χ2v) is 7.98. The number of hydrogen-bond acceptors (Lipinski definition) is 2. The lowest BCUT2D eigenvalue weighted by atomic mass is 10.1. The molecule has 3 aromatic carbocycles. The number of nitrogens with zero attached hydrogens (tertiary/aromatic N) is 1. The first-order chi connectivity index (χ1) is 14.2. The molecule has 0 saturated carbocycles. The topological polar surface area (TPSA) is 15.3 Å². The van der Waals surface area contributed by atoms with Gasteiger partial charge in [0.05, 0.1) is 0 Å². The molecule has 1 N–H and O–H groups in total. The molecule has 1 unspecified atom stereocenters. The van der Waals surface area contributed by atoms with Crippen LogP contribution >= 0.6 is 11.6 Å². The van der Waals surface area contributed by atoms with Crippen LogP contribution in [0.15, 0.2) is 84.9 Å². The van der Waals surface area contributed by atoms with E-state index < -0.39 is 0 Å². The second-order valence-electron chi connectivity index (χ2n) is 7.54. The molecule has 3 aromatic rings. The monoisotopic (exact) mass is 406 g/mol. The van der Waals surface area contributed by atoms with Crippen LogP contribution in [0.2, 0.25) is 5.02 Å². The van der Waals surface area contributed by atoms with Gasteiger partial charge in [-0.1, -0.05) is 79.2 Å². The number of anilines is 1. The number of aryl methyl sites for hydroxylation is 1. The molecule has 0 amide bonds. The Morgan fingerprint density at radius 3 is 2.00 bits per heavy atom. The van der Waals surface area contributed by atoms with E-state index in [2.05, 4.69) is 83.9 Å². The zero-order chi connectivity index (χ0) is 20.3. The van der Waals surface area contributed by atoms with E-state index in [9.17, 15) is 0 Å². The summed E-state index contributed by atoms with van der Waals surface area (Å²) in [5.41, 5.74) is 4.00. The van der Waals surface area contributed by atoms with Gasteiger partial charge >= 0.3 is 0 Å². The van der Waals surface area contributed by atoms with Crippen LogP contribution in [0.5, 0.6) is 0 Å². The largest absolute Gasteiger partial charge is 0.367 e. The van der Waals surface area contributed by atoms with Crippen LogP contribution < -0.4 is 10.2 Å². The van der Waals surface area contributed by atoms with E-state index in [1.54, 1.807) is 0 Å². The van der Waals surface area contributed by atoms with Crippen LogP contribution in [-0.4, -0.2) is 19.6 Å². The van der Waals surface area contributed by atoms with E-state index in [4.69, 9.17) is 11.6 Å². The highest BCUT2D eigenvalue weighted by atomic mass is 35.5. The minimum Gasteiger partial charge on any atom is -0.367 e. The number of rotatable bonds is 6. The molecule has 1 saturated heterocycles. The molecular weight excluding hydrogens is 376 g/mol. The highest BCUT2D eigenvalue weighted by Gasteiger charge is 2.18. The second kappa shape index (κ2) is 11.6. The molecule has 1 atom stereocenters. The van der Waals surface area contributed by atoms with Gasteiger partial charge in [0.2, 0.25) is 0 Å². The summed E-state index contributed by atoms with van der Waals surface area (Å²) in [4.78, 5) is 2.46. The molecule has 0 spiro atoms. The summed E-state index contributed by atoms with van der Waals surface area (Å²) in [5, 5.41) is 4.25. The molecule has 0 radical (unpaired) electrons. The molecule has 2 nitrogen and oxygen atoms in total. The van der Waals surface area contributed by atoms with E-state index >= 15 is 0 Å². The van der Waals surface area contributed by atoms with Crippen molar-refractivity contribution in [3.63, 3.8) is 0 Å². The maximum atomic E-state index is 6.02. The Kier molecular flexibility index (Phi) is 8.60. The molecule has 4 rings (SSSR count). The smallest absolute Gasteiger partial charge is 0.0429 e. The average molecular weight is 407 g/mol. The van der Waals surface area contributed by atoms with Crippen LogP contribution in [0, 0.1) is 5.92 Å². The molecule has 1 aliphatic rings. The molecule has 152 valence electrons. The van der Waals surface area contributed by atoms with Crippen LogP contribution in [0.25, 0.3) is 0 Å². The third-order valence-corrected chi connectivity index (χ3v) is 5.55. The van der Waals surface area contributed by atoms with E-state index in [1.807, 2.05) is 18.2 Å². The maximum Gasteiger partial charge on any atom is 0.0429 e. The molecule has 29 heavy (non-hydrogen) atoms. The number of halogens is 1. The molecule has 1 heterocycles. The quantitative estimate of drug-likeness (QED) is 0.523. The van der Waals surface area contributed by atoms with E-state index in [0.717, 1.165) is 43.5 Å². The van der Waals surface area contributed by atoms with Gasteiger partial charge in [0.15, 0.2) is 0 Å². The first-order valence-corrected chi connectivity index (χ1v) is 10.9. The number of nitrogens with one attached hydrogen (secondary N) is 1. The molecule has 1 aliphatic heterocycles. The summed E-state index contributed by atoms with van der Waals surface area (Å²) in [6.45, 7) is 6.46. The fourth-order valence-corrected chi connectivity index (χ4v) is 3.74. The first-order valence-electron chi connectivity index (χ1n) is 10.5. The van der Waals surface area contributed by atoms with Crippen molar-refractivity contribution in [2.24, 2.45) is 5.92 Å². The van der Waals surface area contributed by atoms with Gasteiger partial charge < -0.3 is 10.2 Å². The Hall–Kier alpha value is -2.29. The fourth-order valence-electron chi connectivity index (χ4n) is 3.61. The summed E-state index contributed by atoms with van der Waals surface area (Å²) < 4.78 is 0. The molecule has 3 heteroatoms. The van der Waals surface area contributed by atoms with Gasteiger partial charge in [-0.15, -0.1) is 0 Å². The molecule has 1 fully saturated rings. The highest BCUT2D eigenvalue weighted by Crippen LogP contribution is 2.23. The van der Waals surface area contributed by atoms with Gasteiger partial charge in [-0.25, -0.2) is 0 Å². The van der Waals surface area contributed by atoms with Crippen molar-refractivity contribution in [2.75, 3.05) is 24.5 Å². The SMILES string of the molecule is CCc1ccccc1.Clc1ccc(N(Cc2ccccc2)CC2CCNC2)cc1. The lowest BCUT2D eigenvalue weighted by Crippen LogP contribution is -2.30. The van der Waals surface area contributed by atoms with Crippen LogP contribution in [0.1, 0.15) is 24.5 Å². The Morgan fingerprint density at radius 1 is 0.862 bits per heavy atom.